The molecule has 3 nitrogen and oxygen atoms in total. The summed E-state index contributed by atoms with van der Waals surface area (Å²) < 4.78 is 5.50. The minimum Gasteiger partial charge on any atom is -0.379 e. The third-order valence-electron chi connectivity index (χ3n) is 5.01. The number of ether oxygens (including phenoxy) is 1. The molecule has 1 heterocycles. The molecule has 0 amide bonds. The minimum absolute atomic E-state index is 0.173. The Hall–Kier alpha value is -1.62. The van der Waals surface area contributed by atoms with Crippen LogP contribution < -0.4 is 0 Å². The number of thioether (sulfide) groups is 1. The van der Waals surface area contributed by atoms with Gasteiger partial charge in [-0.1, -0.05) is 75.0 Å². The average molecular weight is 397 g/mol. The van der Waals surface area contributed by atoms with Gasteiger partial charge >= 0.3 is 0 Å². The lowest BCUT2D eigenvalue weighted by Gasteiger charge is -2.27. The van der Waals surface area contributed by atoms with Crippen molar-refractivity contribution >= 4 is 16.8 Å². The second kappa shape index (κ2) is 9.73. The molecule has 1 aliphatic heterocycles. The Labute approximate surface area is 174 Å². The molecule has 28 heavy (non-hydrogen) atoms. The molecule has 0 bridgehead atoms. The number of benzene rings is 2. The highest BCUT2D eigenvalue weighted by atomic mass is 32.2. The van der Waals surface area contributed by atoms with Gasteiger partial charge in [0.1, 0.15) is 0 Å². The Kier molecular flexibility index (Phi) is 7.33. The summed E-state index contributed by atoms with van der Waals surface area (Å²) >= 11 is 1.82. The Bertz CT molecular complexity index is 790. The lowest BCUT2D eigenvalue weighted by atomic mass is 9.86. The largest absolute Gasteiger partial charge is 0.379 e. The maximum absolute atomic E-state index is 5.50. The van der Waals surface area contributed by atoms with Crippen molar-refractivity contribution in [2.45, 2.75) is 44.6 Å². The van der Waals surface area contributed by atoms with Crippen LogP contribution >= 0.6 is 11.8 Å². The van der Waals surface area contributed by atoms with Crippen LogP contribution in [0.1, 0.15) is 37.5 Å². The summed E-state index contributed by atoms with van der Waals surface area (Å²) in [5.74, 6) is 0. The van der Waals surface area contributed by atoms with E-state index < -0.39 is 0 Å². The maximum Gasteiger partial charge on any atom is 0.0868 e. The molecular weight excluding hydrogens is 364 g/mol. The third-order valence-corrected chi connectivity index (χ3v) is 6.18. The van der Waals surface area contributed by atoms with Crippen molar-refractivity contribution in [2.75, 3.05) is 32.8 Å². The standard InChI is InChI=1S/C24H32N2OS/c1-19-16-21(24(2,3)4)10-11-22(19)28-23(18-26-12-14-27-15-13-26)25-17-20-8-6-5-7-9-20/h5-11,16H,12-15,17-18H2,1-4H3. The van der Waals surface area contributed by atoms with Gasteiger partial charge in [0.2, 0.25) is 0 Å². The highest BCUT2D eigenvalue weighted by Gasteiger charge is 2.17. The van der Waals surface area contributed by atoms with E-state index in [2.05, 4.69) is 81.1 Å². The highest BCUT2D eigenvalue weighted by Crippen LogP contribution is 2.30. The van der Waals surface area contributed by atoms with Gasteiger partial charge in [-0.05, 0) is 35.1 Å². The summed E-state index contributed by atoms with van der Waals surface area (Å²) in [5, 5.41) is 1.18. The molecule has 0 aromatic heterocycles. The monoisotopic (exact) mass is 396 g/mol. The van der Waals surface area contributed by atoms with Crippen LogP contribution in [0.4, 0.5) is 0 Å². The molecular formula is C24H32N2OS. The molecule has 150 valence electrons. The molecule has 0 aliphatic carbocycles. The van der Waals surface area contributed by atoms with E-state index in [0.717, 1.165) is 39.4 Å². The SMILES string of the molecule is Cc1cc(C(C)(C)C)ccc1SC(CN1CCOCC1)=NCc1ccccc1. The van der Waals surface area contributed by atoms with Gasteiger partial charge in [-0.3, -0.25) is 9.89 Å². The highest BCUT2D eigenvalue weighted by molar-refractivity contribution is 8.14. The zero-order valence-electron chi connectivity index (χ0n) is 17.6. The van der Waals surface area contributed by atoms with Crippen LogP contribution in [-0.4, -0.2) is 42.8 Å². The first kappa shape index (κ1) is 21.1. The number of hydrogen-bond donors (Lipinski definition) is 0. The van der Waals surface area contributed by atoms with Crippen LogP contribution in [-0.2, 0) is 16.7 Å². The van der Waals surface area contributed by atoms with Gasteiger partial charge in [0.05, 0.1) is 24.8 Å². The quantitative estimate of drug-likeness (QED) is 0.389. The number of rotatable bonds is 5. The molecule has 0 atom stereocenters. The van der Waals surface area contributed by atoms with Gasteiger partial charge in [-0.25, -0.2) is 0 Å². The van der Waals surface area contributed by atoms with Crippen molar-refractivity contribution in [3.63, 3.8) is 0 Å². The predicted octanol–water partition coefficient (Wildman–Crippen LogP) is 5.32. The Morgan fingerprint density at radius 2 is 1.79 bits per heavy atom. The van der Waals surface area contributed by atoms with Gasteiger partial charge in [-0.2, -0.15) is 0 Å². The minimum atomic E-state index is 0.173. The Morgan fingerprint density at radius 1 is 1.07 bits per heavy atom. The van der Waals surface area contributed by atoms with Crippen LogP contribution in [0.2, 0.25) is 0 Å². The van der Waals surface area contributed by atoms with Crippen molar-refractivity contribution in [3.05, 3.63) is 65.2 Å². The topological polar surface area (TPSA) is 24.8 Å². The Morgan fingerprint density at radius 3 is 2.43 bits per heavy atom. The van der Waals surface area contributed by atoms with Crippen LogP contribution in [0.3, 0.4) is 0 Å². The molecule has 1 aliphatic rings. The first-order valence-electron chi connectivity index (χ1n) is 10.1. The van der Waals surface area contributed by atoms with E-state index in [0.29, 0.717) is 0 Å². The summed E-state index contributed by atoms with van der Waals surface area (Å²) in [6.45, 7) is 14.2. The zero-order chi connectivity index (χ0) is 20.0. The third kappa shape index (κ3) is 6.20. The first-order valence-corrected chi connectivity index (χ1v) is 10.9. The summed E-state index contributed by atoms with van der Waals surface area (Å²) in [4.78, 5) is 8.74. The van der Waals surface area contributed by atoms with Crippen molar-refractivity contribution in [1.29, 1.82) is 0 Å². The molecule has 0 radical (unpaired) electrons. The number of morpholine rings is 1. The zero-order valence-corrected chi connectivity index (χ0v) is 18.4. The van der Waals surface area contributed by atoms with E-state index in [1.165, 1.54) is 26.6 Å². The van der Waals surface area contributed by atoms with Gasteiger partial charge in [0, 0.05) is 24.5 Å². The fourth-order valence-corrected chi connectivity index (χ4v) is 4.17. The van der Waals surface area contributed by atoms with Gasteiger partial charge in [0.15, 0.2) is 0 Å². The Balaban J connectivity index is 1.77. The molecule has 2 aromatic carbocycles. The average Bonchev–Trinajstić information content (AvgIpc) is 2.68. The first-order chi connectivity index (χ1) is 13.4. The second-order valence-corrected chi connectivity index (χ2v) is 9.53. The van der Waals surface area contributed by atoms with Crippen molar-refractivity contribution in [1.82, 2.24) is 4.90 Å². The number of aryl methyl sites for hydroxylation is 1. The molecule has 2 aromatic rings. The normalized spacial score (nSPS) is 16.4. The van der Waals surface area contributed by atoms with Gasteiger partial charge in [-0.15, -0.1) is 0 Å². The van der Waals surface area contributed by atoms with Gasteiger partial charge < -0.3 is 4.74 Å². The smallest absolute Gasteiger partial charge is 0.0868 e. The van der Waals surface area contributed by atoms with E-state index in [1.54, 1.807) is 0 Å². The molecule has 4 heteroatoms. The molecule has 3 rings (SSSR count). The van der Waals surface area contributed by atoms with E-state index in [-0.39, 0.29) is 5.41 Å². The van der Waals surface area contributed by atoms with Gasteiger partial charge in [0.25, 0.3) is 0 Å². The fraction of sp³-hybridized carbons (Fsp3) is 0.458. The molecule has 0 saturated carbocycles. The summed E-state index contributed by atoms with van der Waals surface area (Å²) in [6, 6.07) is 17.3. The molecule has 1 saturated heterocycles. The number of hydrogen-bond acceptors (Lipinski definition) is 4. The summed E-state index contributed by atoms with van der Waals surface area (Å²) in [7, 11) is 0. The van der Waals surface area contributed by atoms with Crippen LogP contribution in [0, 0.1) is 6.92 Å². The molecule has 1 fully saturated rings. The maximum atomic E-state index is 5.50. The molecule has 0 unspecified atom stereocenters. The van der Waals surface area contributed by atoms with Crippen molar-refractivity contribution < 1.29 is 4.74 Å². The lowest BCUT2D eigenvalue weighted by molar-refractivity contribution is 0.0455. The molecule has 0 N–H and O–H groups in total. The number of nitrogens with zero attached hydrogens (tertiary/aromatic N) is 2. The van der Waals surface area contributed by atoms with Crippen molar-refractivity contribution in [2.24, 2.45) is 4.99 Å². The number of aliphatic imine (C=N–C) groups is 1. The lowest BCUT2D eigenvalue weighted by Crippen LogP contribution is -2.39. The van der Waals surface area contributed by atoms with E-state index >= 15 is 0 Å². The summed E-state index contributed by atoms with van der Waals surface area (Å²) in [6.07, 6.45) is 0. The van der Waals surface area contributed by atoms with E-state index in [4.69, 9.17) is 9.73 Å². The fourth-order valence-electron chi connectivity index (χ4n) is 3.19. The second-order valence-electron chi connectivity index (χ2n) is 8.42. The molecule has 0 spiro atoms. The summed E-state index contributed by atoms with van der Waals surface area (Å²) in [5.41, 5.74) is 4.13. The predicted molar refractivity (Wildman–Crippen MR) is 121 cm³/mol. The van der Waals surface area contributed by atoms with Crippen molar-refractivity contribution in [3.8, 4) is 0 Å². The van der Waals surface area contributed by atoms with E-state index in [1.807, 2.05) is 11.8 Å². The van der Waals surface area contributed by atoms with Crippen LogP contribution in [0.25, 0.3) is 0 Å². The van der Waals surface area contributed by atoms with Crippen LogP contribution in [0.15, 0.2) is 58.4 Å². The van der Waals surface area contributed by atoms with E-state index in [9.17, 15) is 0 Å². The van der Waals surface area contributed by atoms with Crippen LogP contribution in [0.5, 0.6) is 0 Å².